The van der Waals surface area contributed by atoms with Crippen LogP contribution in [0.15, 0.2) is 273 Å². The van der Waals surface area contributed by atoms with Gasteiger partial charge in [-0.3, -0.25) is 0 Å². The highest BCUT2D eigenvalue weighted by Crippen LogP contribution is 2.66. The molecule has 2 unspecified atom stereocenters. The van der Waals surface area contributed by atoms with Crippen LogP contribution < -0.4 is 4.90 Å². The number of fused-ring (bicyclic) bond motifs is 8. The zero-order valence-electron chi connectivity index (χ0n) is 40.4. The summed E-state index contributed by atoms with van der Waals surface area (Å²) in [5.41, 5.74) is 25.5. The summed E-state index contributed by atoms with van der Waals surface area (Å²) in [5.74, 6) is 0. The van der Waals surface area contributed by atoms with Gasteiger partial charge in [-0.05, 0) is 137 Å². The number of anilines is 3. The average molecular weight is 918 g/mol. The second-order valence-corrected chi connectivity index (χ2v) is 20.3. The molecule has 3 aliphatic rings. The summed E-state index contributed by atoms with van der Waals surface area (Å²) >= 11 is 0. The Bertz CT molecular complexity index is 3850. The Hall–Kier alpha value is -8.78. The maximum Gasteiger partial charge on any atom is 0.0720 e. The second-order valence-electron chi connectivity index (χ2n) is 20.3. The van der Waals surface area contributed by atoms with Crippen molar-refractivity contribution in [2.24, 2.45) is 0 Å². The van der Waals surface area contributed by atoms with Crippen molar-refractivity contribution in [3.63, 3.8) is 0 Å². The molecule has 0 saturated carbocycles. The van der Waals surface area contributed by atoms with E-state index in [4.69, 9.17) is 0 Å². The molecule has 2 atom stereocenters. The standard InChI is InChI=1S/C71H51N/c1-69(2)62-28-14-12-25-58(62)60-46-45-57(47-67(60)69)72(55-41-35-50(36-42-55)48-19-6-3-7-20-48)56-43-37-51(38-44-56)49-33-39-54(40-34-49)70(52-21-8-4-9-22-52)64-30-16-17-31-65(64)71(53-23-10-5-11-24-53)63-29-15-13-26-59(63)61-27-18-32-66(70)68(61)71/h3-47H,1-2H3. The van der Waals surface area contributed by atoms with Gasteiger partial charge in [0, 0.05) is 22.5 Å². The molecule has 0 spiro atoms. The molecule has 0 aromatic heterocycles. The zero-order valence-corrected chi connectivity index (χ0v) is 40.4. The number of rotatable bonds is 8. The number of hydrogen-bond acceptors (Lipinski definition) is 1. The third-order valence-electron chi connectivity index (χ3n) is 16.4. The van der Waals surface area contributed by atoms with Gasteiger partial charge in [0.1, 0.15) is 0 Å². The first-order valence-corrected chi connectivity index (χ1v) is 25.3. The van der Waals surface area contributed by atoms with Gasteiger partial charge >= 0.3 is 0 Å². The maximum absolute atomic E-state index is 2.42. The molecule has 0 amide bonds. The van der Waals surface area contributed by atoms with E-state index in [0.29, 0.717) is 0 Å². The van der Waals surface area contributed by atoms with Crippen LogP contribution in [0.3, 0.4) is 0 Å². The van der Waals surface area contributed by atoms with Gasteiger partial charge in [0.15, 0.2) is 0 Å². The van der Waals surface area contributed by atoms with E-state index >= 15 is 0 Å². The van der Waals surface area contributed by atoms with Crippen LogP contribution in [0.1, 0.15) is 69.5 Å². The molecule has 0 fully saturated rings. The largest absolute Gasteiger partial charge is 0.310 e. The van der Waals surface area contributed by atoms with Gasteiger partial charge in [0.05, 0.1) is 10.8 Å². The SMILES string of the molecule is CC1(C)c2ccccc2-c2ccc(N(c3ccc(-c4ccccc4)cc3)c3ccc(-c4ccc(C5(c6ccccc6)c6ccccc6C6(c7ccccc7)c7ccccc7-c7cccc5c76)cc4)cc3)cc21. The maximum atomic E-state index is 2.42. The van der Waals surface area contributed by atoms with Gasteiger partial charge in [-0.1, -0.05) is 250 Å². The van der Waals surface area contributed by atoms with Gasteiger partial charge in [-0.2, -0.15) is 0 Å². The summed E-state index contributed by atoms with van der Waals surface area (Å²) in [6, 6.07) is 102. The fraction of sp³-hybridized carbons (Fsp3) is 0.0704. The van der Waals surface area contributed by atoms with E-state index in [1.165, 1.54) is 100 Å². The van der Waals surface area contributed by atoms with Crippen LogP contribution in [0.4, 0.5) is 17.1 Å². The number of benzene rings is 11. The molecule has 0 N–H and O–H groups in total. The van der Waals surface area contributed by atoms with Crippen LogP contribution in [0.5, 0.6) is 0 Å². The Morgan fingerprint density at radius 1 is 0.250 bits per heavy atom. The zero-order chi connectivity index (χ0) is 48.0. The molecule has 11 aromatic rings. The van der Waals surface area contributed by atoms with Crippen molar-refractivity contribution >= 4 is 17.1 Å². The van der Waals surface area contributed by atoms with Crippen molar-refractivity contribution < 1.29 is 0 Å². The molecule has 340 valence electrons. The van der Waals surface area contributed by atoms with Crippen molar-refractivity contribution in [1.82, 2.24) is 0 Å². The van der Waals surface area contributed by atoms with Gasteiger partial charge in [0.25, 0.3) is 0 Å². The summed E-state index contributed by atoms with van der Waals surface area (Å²) in [4.78, 5) is 2.41. The minimum atomic E-state index is -0.589. The van der Waals surface area contributed by atoms with Crippen LogP contribution in [0.2, 0.25) is 0 Å². The first-order chi connectivity index (χ1) is 35.5. The van der Waals surface area contributed by atoms with Crippen LogP contribution in [0, 0.1) is 0 Å². The minimum absolute atomic E-state index is 0.115. The van der Waals surface area contributed by atoms with Crippen LogP contribution in [0.25, 0.3) is 44.5 Å². The quantitative estimate of drug-likeness (QED) is 0.147. The second kappa shape index (κ2) is 16.1. The molecule has 0 radical (unpaired) electrons. The molecule has 0 aliphatic heterocycles. The number of nitrogens with zero attached hydrogens (tertiary/aromatic N) is 1. The van der Waals surface area contributed by atoms with Crippen molar-refractivity contribution in [1.29, 1.82) is 0 Å². The molecular weight excluding hydrogens is 867 g/mol. The summed E-state index contributed by atoms with van der Waals surface area (Å²) in [6.45, 7) is 4.72. The van der Waals surface area contributed by atoms with Gasteiger partial charge in [0.2, 0.25) is 0 Å². The summed E-state index contributed by atoms with van der Waals surface area (Å²) in [6.07, 6.45) is 0. The molecule has 0 saturated heterocycles. The van der Waals surface area contributed by atoms with Gasteiger partial charge in [-0.25, -0.2) is 0 Å². The molecule has 1 heteroatoms. The lowest BCUT2D eigenvalue weighted by Crippen LogP contribution is -2.44. The lowest BCUT2D eigenvalue weighted by atomic mass is 9.51. The Kier molecular flexibility index (Phi) is 9.44. The Labute approximate surface area is 423 Å². The third kappa shape index (κ3) is 5.95. The first-order valence-electron chi connectivity index (χ1n) is 25.3. The summed E-state index contributed by atoms with van der Waals surface area (Å²) in [5, 5.41) is 0. The highest BCUT2D eigenvalue weighted by molar-refractivity contribution is 5.92. The van der Waals surface area contributed by atoms with Crippen molar-refractivity contribution in [3.05, 3.63) is 329 Å². The number of hydrogen-bond donors (Lipinski definition) is 0. The molecule has 0 bridgehead atoms. The highest BCUT2D eigenvalue weighted by Gasteiger charge is 2.57. The van der Waals surface area contributed by atoms with E-state index in [-0.39, 0.29) is 5.41 Å². The van der Waals surface area contributed by atoms with Gasteiger partial charge < -0.3 is 4.90 Å². The Morgan fingerprint density at radius 3 is 1.24 bits per heavy atom. The lowest BCUT2D eigenvalue weighted by molar-refractivity contribution is 0.627. The fourth-order valence-corrected chi connectivity index (χ4v) is 13.3. The molecule has 72 heavy (non-hydrogen) atoms. The molecule has 0 heterocycles. The van der Waals surface area contributed by atoms with E-state index in [9.17, 15) is 0 Å². The Morgan fingerprint density at radius 2 is 0.639 bits per heavy atom. The Balaban J connectivity index is 0.893. The van der Waals surface area contributed by atoms with Crippen molar-refractivity contribution in [3.8, 4) is 44.5 Å². The lowest BCUT2D eigenvalue weighted by Gasteiger charge is -2.49. The molecule has 3 aliphatic carbocycles. The van der Waals surface area contributed by atoms with Gasteiger partial charge in [-0.15, -0.1) is 0 Å². The smallest absolute Gasteiger partial charge is 0.0720 e. The van der Waals surface area contributed by atoms with Crippen molar-refractivity contribution in [2.75, 3.05) is 4.90 Å². The third-order valence-corrected chi connectivity index (χ3v) is 16.4. The van der Waals surface area contributed by atoms with Crippen molar-refractivity contribution in [2.45, 2.75) is 30.1 Å². The normalized spacial score (nSPS) is 17.2. The average Bonchev–Trinajstić information content (AvgIpc) is 3.88. The summed E-state index contributed by atoms with van der Waals surface area (Å²) < 4.78 is 0. The van der Waals surface area contributed by atoms with E-state index in [1.807, 2.05) is 0 Å². The van der Waals surface area contributed by atoms with Crippen LogP contribution in [-0.2, 0) is 16.2 Å². The van der Waals surface area contributed by atoms with E-state index < -0.39 is 10.8 Å². The molecule has 14 rings (SSSR count). The molecule has 11 aromatic carbocycles. The predicted molar refractivity (Wildman–Crippen MR) is 299 cm³/mol. The highest BCUT2D eigenvalue weighted by atomic mass is 15.1. The first kappa shape index (κ1) is 42.1. The predicted octanol–water partition coefficient (Wildman–Crippen LogP) is 17.9. The van der Waals surface area contributed by atoms with E-state index in [0.717, 1.165) is 17.1 Å². The molecule has 1 nitrogen and oxygen atoms in total. The van der Waals surface area contributed by atoms with Crippen LogP contribution in [-0.4, -0.2) is 0 Å². The molecular formula is C71H51N. The summed E-state index contributed by atoms with van der Waals surface area (Å²) in [7, 11) is 0. The minimum Gasteiger partial charge on any atom is -0.310 e. The topological polar surface area (TPSA) is 3.24 Å². The van der Waals surface area contributed by atoms with Crippen LogP contribution >= 0.6 is 0 Å². The fourth-order valence-electron chi connectivity index (χ4n) is 13.3. The van der Waals surface area contributed by atoms with E-state index in [2.05, 4.69) is 292 Å². The monoisotopic (exact) mass is 917 g/mol. The van der Waals surface area contributed by atoms with E-state index in [1.54, 1.807) is 0 Å².